The van der Waals surface area contributed by atoms with Gasteiger partial charge in [0.25, 0.3) is 5.91 Å². The van der Waals surface area contributed by atoms with E-state index in [9.17, 15) is 4.79 Å². The first kappa shape index (κ1) is 15.3. The van der Waals surface area contributed by atoms with Crippen LogP contribution in [0.25, 0.3) is 10.1 Å². The summed E-state index contributed by atoms with van der Waals surface area (Å²) in [4.78, 5) is 15.6. The molecular formula is C17H22N2O2S. The summed E-state index contributed by atoms with van der Waals surface area (Å²) in [6, 6.07) is 7.97. The first-order valence-electron chi connectivity index (χ1n) is 7.81. The normalized spacial score (nSPS) is 17.4. The maximum Gasteiger partial charge on any atom is 0.266 e. The summed E-state index contributed by atoms with van der Waals surface area (Å²) in [5.74, 6) is 0.639. The predicted molar refractivity (Wildman–Crippen MR) is 90.7 cm³/mol. The van der Waals surface area contributed by atoms with Gasteiger partial charge in [-0.1, -0.05) is 18.6 Å². The molecule has 1 aliphatic heterocycles. The summed E-state index contributed by atoms with van der Waals surface area (Å²) in [7, 11) is 1.62. The van der Waals surface area contributed by atoms with Crippen molar-refractivity contribution in [3.63, 3.8) is 0 Å². The summed E-state index contributed by atoms with van der Waals surface area (Å²) < 4.78 is 6.56. The van der Waals surface area contributed by atoms with Gasteiger partial charge in [0.1, 0.15) is 10.6 Å². The van der Waals surface area contributed by atoms with Crippen molar-refractivity contribution in [2.75, 3.05) is 20.2 Å². The van der Waals surface area contributed by atoms with Crippen LogP contribution in [0.2, 0.25) is 0 Å². The number of benzene rings is 1. The average Bonchev–Trinajstić information content (AvgIpc) is 2.94. The van der Waals surface area contributed by atoms with Crippen LogP contribution in [0.3, 0.4) is 0 Å². The number of nitrogens with zero attached hydrogens (tertiary/aromatic N) is 1. The molecule has 1 aliphatic rings. The van der Waals surface area contributed by atoms with Gasteiger partial charge in [0.2, 0.25) is 0 Å². The molecule has 118 valence electrons. The molecule has 5 heteroatoms. The van der Waals surface area contributed by atoms with Crippen LogP contribution in [-0.4, -0.2) is 37.2 Å². The fraction of sp³-hybridized carbons (Fsp3) is 0.471. The van der Waals surface area contributed by atoms with Crippen molar-refractivity contribution in [1.82, 2.24) is 10.2 Å². The predicted octanol–water partition coefficient (Wildman–Crippen LogP) is 3.47. The van der Waals surface area contributed by atoms with E-state index < -0.39 is 0 Å². The number of nitrogens with one attached hydrogen (secondary N) is 1. The second kappa shape index (κ2) is 6.67. The van der Waals surface area contributed by atoms with E-state index in [0.29, 0.717) is 10.6 Å². The second-order valence-corrected chi connectivity index (χ2v) is 6.76. The van der Waals surface area contributed by atoms with E-state index in [0.717, 1.165) is 23.2 Å². The monoisotopic (exact) mass is 318 g/mol. The Hall–Kier alpha value is -1.59. The Labute approximate surface area is 135 Å². The third-order valence-electron chi connectivity index (χ3n) is 4.24. The minimum absolute atomic E-state index is 0.0453. The topological polar surface area (TPSA) is 41.6 Å². The van der Waals surface area contributed by atoms with Crippen molar-refractivity contribution < 1.29 is 9.53 Å². The van der Waals surface area contributed by atoms with Crippen molar-refractivity contribution >= 4 is 27.3 Å². The number of thiophene rings is 1. The van der Waals surface area contributed by atoms with Crippen molar-refractivity contribution in [2.24, 2.45) is 0 Å². The molecule has 1 atom stereocenters. The molecule has 4 nitrogen and oxygen atoms in total. The van der Waals surface area contributed by atoms with Gasteiger partial charge in [0.05, 0.1) is 13.3 Å². The summed E-state index contributed by atoms with van der Waals surface area (Å²) in [6.07, 6.45) is 3.78. The van der Waals surface area contributed by atoms with Crippen LogP contribution in [0.5, 0.6) is 5.75 Å². The van der Waals surface area contributed by atoms with Crippen LogP contribution >= 0.6 is 11.3 Å². The van der Waals surface area contributed by atoms with Crippen LogP contribution in [-0.2, 0) is 0 Å². The highest BCUT2D eigenvalue weighted by molar-refractivity contribution is 7.21. The third-order valence-corrected chi connectivity index (χ3v) is 5.39. The molecule has 1 amide bonds. The van der Waals surface area contributed by atoms with Crippen LogP contribution < -0.4 is 10.1 Å². The first-order valence-corrected chi connectivity index (χ1v) is 8.63. The van der Waals surface area contributed by atoms with Gasteiger partial charge in [-0.05, 0) is 31.9 Å². The van der Waals surface area contributed by atoms with Gasteiger partial charge in [-0.15, -0.1) is 11.3 Å². The zero-order chi connectivity index (χ0) is 15.5. The molecule has 1 N–H and O–H groups in total. The van der Waals surface area contributed by atoms with Gasteiger partial charge in [-0.25, -0.2) is 0 Å². The number of ether oxygens (including phenoxy) is 1. The molecule has 0 saturated carbocycles. The third kappa shape index (κ3) is 2.96. The number of fused-ring (bicyclic) bond motifs is 1. The van der Waals surface area contributed by atoms with Gasteiger partial charge in [-0.3, -0.25) is 9.69 Å². The molecular weight excluding hydrogens is 296 g/mol. The Morgan fingerprint density at radius 1 is 1.27 bits per heavy atom. The number of hydrogen-bond donors (Lipinski definition) is 1. The molecule has 22 heavy (non-hydrogen) atoms. The minimum Gasteiger partial charge on any atom is -0.494 e. The summed E-state index contributed by atoms with van der Waals surface area (Å²) in [5, 5.41) is 4.12. The fourth-order valence-corrected chi connectivity index (χ4v) is 4.10. The number of amides is 1. The Morgan fingerprint density at radius 2 is 2.00 bits per heavy atom. The highest BCUT2D eigenvalue weighted by Gasteiger charge is 2.23. The van der Waals surface area contributed by atoms with Crippen molar-refractivity contribution in [2.45, 2.75) is 32.4 Å². The molecule has 1 saturated heterocycles. The quantitative estimate of drug-likeness (QED) is 0.938. The highest BCUT2D eigenvalue weighted by atomic mass is 32.1. The SMILES string of the molecule is COc1c(C(=O)NC(C)N2CCCCC2)sc2ccccc12. The Kier molecular flexibility index (Phi) is 4.64. The van der Waals surface area contributed by atoms with Crippen LogP contribution in [0.15, 0.2) is 24.3 Å². The summed E-state index contributed by atoms with van der Waals surface area (Å²) in [6.45, 7) is 4.18. The second-order valence-electron chi connectivity index (χ2n) is 5.71. The van der Waals surface area contributed by atoms with Crippen molar-refractivity contribution in [3.05, 3.63) is 29.1 Å². The zero-order valence-electron chi connectivity index (χ0n) is 13.1. The smallest absolute Gasteiger partial charge is 0.266 e. The van der Waals surface area contributed by atoms with E-state index in [4.69, 9.17) is 4.74 Å². The Balaban J connectivity index is 1.79. The van der Waals surface area contributed by atoms with Gasteiger partial charge in [0, 0.05) is 23.2 Å². The van der Waals surface area contributed by atoms with Crippen LogP contribution in [0, 0.1) is 0 Å². The highest BCUT2D eigenvalue weighted by Crippen LogP contribution is 2.37. The molecule has 2 aromatic rings. The number of carbonyl (C=O) groups excluding carboxylic acids is 1. The first-order chi connectivity index (χ1) is 10.7. The lowest BCUT2D eigenvalue weighted by Gasteiger charge is -2.32. The van der Waals surface area contributed by atoms with E-state index >= 15 is 0 Å². The van der Waals surface area contributed by atoms with E-state index in [-0.39, 0.29) is 12.1 Å². The molecule has 0 bridgehead atoms. The van der Waals surface area contributed by atoms with Gasteiger partial charge >= 0.3 is 0 Å². The number of carbonyl (C=O) groups is 1. The lowest BCUT2D eigenvalue weighted by molar-refractivity contribution is 0.0841. The lowest BCUT2D eigenvalue weighted by atomic mass is 10.1. The number of piperidine rings is 1. The largest absolute Gasteiger partial charge is 0.494 e. The van der Waals surface area contributed by atoms with Gasteiger partial charge < -0.3 is 10.1 Å². The molecule has 2 heterocycles. The van der Waals surface area contributed by atoms with E-state index in [2.05, 4.69) is 17.1 Å². The fourth-order valence-electron chi connectivity index (χ4n) is 3.03. The van der Waals surface area contributed by atoms with Crippen LogP contribution in [0.4, 0.5) is 0 Å². The zero-order valence-corrected chi connectivity index (χ0v) is 13.9. The molecule has 1 aromatic carbocycles. The Bertz CT molecular complexity index is 662. The summed E-state index contributed by atoms with van der Waals surface area (Å²) in [5.41, 5.74) is 0. The van der Waals surface area contributed by atoms with Crippen molar-refractivity contribution in [1.29, 1.82) is 0 Å². The Morgan fingerprint density at radius 3 is 2.73 bits per heavy atom. The van der Waals surface area contributed by atoms with Crippen molar-refractivity contribution in [3.8, 4) is 5.75 Å². The maximum absolute atomic E-state index is 12.6. The lowest BCUT2D eigenvalue weighted by Crippen LogP contribution is -2.48. The molecule has 1 fully saturated rings. The standard InChI is InChI=1S/C17H22N2O2S/c1-12(19-10-6-3-7-11-19)18-17(20)16-15(21-2)13-8-4-5-9-14(13)22-16/h4-5,8-9,12H,3,6-7,10-11H2,1-2H3,(H,18,20). The van der Waals surface area contributed by atoms with E-state index in [1.807, 2.05) is 24.3 Å². The number of hydrogen-bond acceptors (Lipinski definition) is 4. The maximum atomic E-state index is 12.6. The number of rotatable bonds is 4. The molecule has 0 aliphatic carbocycles. The molecule has 3 rings (SSSR count). The van der Waals surface area contributed by atoms with E-state index in [1.54, 1.807) is 7.11 Å². The molecule has 1 aromatic heterocycles. The molecule has 0 spiro atoms. The molecule has 0 radical (unpaired) electrons. The number of likely N-dealkylation sites (tertiary alicyclic amines) is 1. The minimum atomic E-state index is -0.0453. The summed E-state index contributed by atoms with van der Waals surface area (Å²) >= 11 is 1.49. The van der Waals surface area contributed by atoms with Crippen LogP contribution in [0.1, 0.15) is 35.9 Å². The van der Waals surface area contributed by atoms with Gasteiger partial charge in [0.15, 0.2) is 0 Å². The number of methoxy groups -OCH3 is 1. The van der Waals surface area contributed by atoms with E-state index in [1.165, 1.54) is 30.6 Å². The molecule has 1 unspecified atom stereocenters. The average molecular weight is 318 g/mol. The van der Waals surface area contributed by atoms with Gasteiger partial charge in [-0.2, -0.15) is 0 Å².